The maximum Gasteiger partial charge on any atom is 0.0721 e. The first-order chi connectivity index (χ1) is 9.83. The summed E-state index contributed by atoms with van der Waals surface area (Å²) in [5, 5.41) is 3.67. The van der Waals surface area contributed by atoms with Crippen molar-refractivity contribution in [2.45, 2.75) is 32.4 Å². The van der Waals surface area contributed by atoms with Crippen molar-refractivity contribution in [1.29, 1.82) is 0 Å². The third-order valence-corrected chi connectivity index (χ3v) is 4.67. The molecular weight excluding hydrogens is 248 g/mol. The number of ether oxygens (including phenoxy) is 1. The van der Waals surface area contributed by atoms with Gasteiger partial charge in [-0.3, -0.25) is 0 Å². The zero-order valence-electron chi connectivity index (χ0n) is 12.5. The fourth-order valence-corrected chi connectivity index (χ4v) is 3.23. The maximum atomic E-state index is 5.69. The van der Waals surface area contributed by atoms with Crippen molar-refractivity contribution >= 4 is 0 Å². The van der Waals surface area contributed by atoms with Gasteiger partial charge in [0, 0.05) is 13.1 Å². The predicted molar refractivity (Wildman–Crippen MR) is 81.7 cm³/mol. The molecule has 0 aromatic heterocycles. The van der Waals surface area contributed by atoms with Crippen molar-refractivity contribution in [3.05, 3.63) is 35.4 Å². The molecule has 2 aliphatic rings. The Balaban J connectivity index is 1.47. The Kier molecular flexibility index (Phi) is 4.71. The van der Waals surface area contributed by atoms with Gasteiger partial charge in [0.25, 0.3) is 0 Å². The van der Waals surface area contributed by atoms with E-state index in [1.165, 1.54) is 37.1 Å². The number of rotatable bonds is 4. The molecule has 110 valence electrons. The van der Waals surface area contributed by atoms with Crippen molar-refractivity contribution in [1.82, 2.24) is 10.2 Å². The molecule has 1 aromatic carbocycles. The van der Waals surface area contributed by atoms with Gasteiger partial charge in [0.2, 0.25) is 0 Å². The van der Waals surface area contributed by atoms with Gasteiger partial charge in [-0.15, -0.1) is 0 Å². The number of benzene rings is 1. The van der Waals surface area contributed by atoms with E-state index < -0.39 is 0 Å². The third kappa shape index (κ3) is 3.40. The third-order valence-electron chi connectivity index (χ3n) is 4.67. The molecule has 0 radical (unpaired) electrons. The Bertz CT molecular complexity index is 427. The van der Waals surface area contributed by atoms with E-state index in [4.69, 9.17) is 4.74 Å². The van der Waals surface area contributed by atoms with Crippen LogP contribution in [0.2, 0.25) is 0 Å². The first-order valence-corrected chi connectivity index (χ1v) is 7.94. The van der Waals surface area contributed by atoms with E-state index in [9.17, 15) is 0 Å². The lowest BCUT2D eigenvalue weighted by Gasteiger charge is -2.31. The highest BCUT2D eigenvalue weighted by Gasteiger charge is 2.20. The van der Waals surface area contributed by atoms with E-state index in [2.05, 4.69) is 41.4 Å². The van der Waals surface area contributed by atoms with Crippen LogP contribution in [-0.4, -0.2) is 37.7 Å². The summed E-state index contributed by atoms with van der Waals surface area (Å²) in [5.41, 5.74) is 2.76. The topological polar surface area (TPSA) is 24.5 Å². The van der Waals surface area contributed by atoms with E-state index >= 15 is 0 Å². The van der Waals surface area contributed by atoms with Crippen molar-refractivity contribution in [2.24, 2.45) is 5.92 Å². The number of hydrogen-bond acceptors (Lipinski definition) is 3. The Morgan fingerprint density at radius 1 is 1.25 bits per heavy atom. The lowest BCUT2D eigenvalue weighted by atomic mass is 9.98. The molecule has 1 atom stereocenters. The van der Waals surface area contributed by atoms with Crippen LogP contribution in [0, 0.1) is 5.92 Å². The lowest BCUT2D eigenvalue weighted by molar-refractivity contribution is 0.0805. The average Bonchev–Trinajstić information content (AvgIpc) is 2.49. The lowest BCUT2D eigenvalue weighted by Crippen LogP contribution is -2.40. The van der Waals surface area contributed by atoms with Crippen LogP contribution in [0.5, 0.6) is 0 Å². The van der Waals surface area contributed by atoms with Gasteiger partial charge in [0.1, 0.15) is 0 Å². The van der Waals surface area contributed by atoms with Gasteiger partial charge in [0.05, 0.1) is 19.3 Å². The summed E-state index contributed by atoms with van der Waals surface area (Å²) >= 11 is 0. The minimum Gasteiger partial charge on any atom is -0.375 e. The highest BCUT2D eigenvalue weighted by molar-refractivity contribution is 5.30. The summed E-state index contributed by atoms with van der Waals surface area (Å²) in [7, 11) is 0. The first kappa shape index (κ1) is 14.1. The smallest absolute Gasteiger partial charge is 0.0721 e. The molecule has 0 spiro atoms. The summed E-state index contributed by atoms with van der Waals surface area (Å²) in [5.74, 6) is 0.915. The van der Waals surface area contributed by atoms with Crippen LogP contribution in [0.15, 0.2) is 24.3 Å². The first-order valence-electron chi connectivity index (χ1n) is 7.94. The standard InChI is InChI=1S/C17H26N2O/c1-14-6-9-19(10-7-14)11-8-18-17-13-20-12-15-4-2-3-5-16(15)17/h2-5,14,17-18H,6-13H2,1H3. The summed E-state index contributed by atoms with van der Waals surface area (Å²) in [6.45, 7) is 8.67. The molecule has 0 bridgehead atoms. The molecule has 3 rings (SSSR count). The molecule has 2 aliphatic heterocycles. The number of piperidine rings is 1. The predicted octanol–water partition coefficient (Wildman–Crippen LogP) is 2.58. The Labute approximate surface area is 122 Å². The minimum absolute atomic E-state index is 0.365. The van der Waals surface area contributed by atoms with Crippen LogP contribution < -0.4 is 5.32 Å². The van der Waals surface area contributed by atoms with Crippen LogP contribution in [0.3, 0.4) is 0 Å². The van der Waals surface area contributed by atoms with Crippen molar-refractivity contribution < 1.29 is 4.74 Å². The molecule has 3 nitrogen and oxygen atoms in total. The molecule has 1 aromatic rings. The molecule has 3 heteroatoms. The van der Waals surface area contributed by atoms with E-state index in [-0.39, 0.29) is 0 Å². The Morgan fingerprint density at radius 3 is 2.90 bits per heavy atom. The quantitative estimate of drug-likeness (QED) is 0.913. The van der Waals surface area contributed by atoms with Gasteiger partial charge in [-0.25, -0.2) is 0 Å². The van der Waals surface area contributed by atoms with Crippen LogP contribution >= 0.6 is 0 Å². The zero-order valence-corrected chi connectivity index (χ0v) is 12.5. The van der Waals surface area contributed by atoms with Gasteiger partial charge >= 0.3 is 0 Å². The second-order valence-electron chi connectivity index (χ2n) is 6.24. The largest absolute Gasteiger partial charge is 0.375 e. The Hall–Kier alpha value is -0.900. The van der Waals surface area contributed by atoms with Crippen molar-refractivity contribution in [2.75, 3.05) is 32.8 Å². The van der Waals surface area contributed by atoms with Gasteiger partial charge in [0.15, 0.2) is 0 Å². The fourth-order valence-electron chi connectivity index (χ4n) is 3.23. The van der Waals surface area contributed by atoms with Crippen LogP contribution in [-0.2, 0) is 11.3 Å². The van der Waals surface area contributed by atoms with Gasteiger partial charge in [-0.2, -0.15) is 0 Å². The second kappa shape index (κ2) is 6.70. The van der Waals surface area contributed by atoms with Gasteiger partial charge in [-0.1, -0.05) is 31.2 Å². The molecule has 2 heterocycles. The number of hydrogen-bond donors (Lipinski definition) is 1. The molecule has 0 amide bonds. The van der Waals surface area contributed by atoms with Crippen molar-refractivity contribution in [3.63, 3.8) is 0 Å². The number of nitrogens with one attached hydrogen (secondary N) is 1. The van der Waals surface area contributed by atoms with E-state index in [0.717, 1.165) is 32.2 Å². The highest BCUT2D eigenvalue weighted by Crippen LogP contribution is 2.24. The number of fused-ring (bicyclic) bond motifs is 1. The average molecular weight is 274 g/mol. The van der Waals surface area contributed by atoms with Gasteiger partial charge < -0.3 is 15.0 Å². The maximum absolute atomic E-state index is 5.69. The summed E-state index contributed by atoms with van der Waals surface area (Å²) in [6.07, 6.45) is 2.71. The number of likely N-dealkylation sites (tertiary alicyclic amines) is 1. The van der Waals surface area contributed by atoms with Crippen LogP contribution in [0.1, 0.15) is 36.9 Å². The van der Waals surface area contributed by atoms with Gasteiger partial charge in [-0.05, 0) is 43.0 Å². The monoisotopic (exact) mass is 274 g/mol. The molecule has 1 fully saturated rings. The summed E-state index contributed by atoms with van der Waals surface area (Å²) in [6, 6.07) is 9.00. The van der Waals surface area contributed by atoms with Crippen molar-refractivity contribution in [3.8, 4) is 0 Å². The highest BCUT2D eigenvalue weighted by atomic mass is 16.5. The van der Waals surface area contributed by atoms with E-state index in [1.807, 2.05) is 0 Å². The van der Waals surface area contributed by atoms with Crippen LogP contribution in [0.4, 0.5) is 0 Å². The Morgan fingerprint density at radius 2 is 2.05 bits per heavy atom. The molecule has 0 saturated carbocycles. The molecule has 20 heavy (non-hydrogen) atoms. The summed E-state index contributed by atoms with van der Waals surface area (Å²) < 4.78 is 5.69. The summed E-state index contributed by atoms with van der Waals surface area (Å²) in [4.78, 5) is 2.59. The molecule has 1 saturated heterocycles. The van der Waals surface area contributed by atoms with E-state index in [1.54, 1.807) is 0 Å². The molecule has 1 unspecified atom stereocenters. The minimum atomic E-state index is 0.365. The fraction of sp³-hybridized carbons (Fsp3) is 0.647. The van der Waals surface area contributed by atoms with Crippen LogP contribution in [0.25, 0.3) is 0 Å². The van der Waals surface area contributed by atoms with E-state index in [0.29, 0.717) is 6.04 Å². The number of nitrogens with zero attached hydrogens (tertiary/aromatic N) is 1. The zero-order chi connectivity index (χ0) is 13.8. The molecule has 0 aliphatic carbocycles. The molecule has 1 N–H and O–H groups in total. The molecular formula is C17H26N2O. The SMILES string of the molecule is CC1CCN(CCNC2COCc3ccccc32)CC1. The second-order valence-corrected chi connectivity index (χ2v) is 6.24. The normalized spacial score (nSPS) is 24.6.